The Hall–Kier alpha value is -2.00. The number of anilines is 1. The SMILES string of the molecule is O=[N+]([O-])c1ccc(S(=O)(=O)Nc2nc3c(s2)CCC3)cc1. The van der Waals surface area contributed by atoms with Crippen LogP contribution in [0, 0.1) is 10.1 Å². The van der Waals surface area contributed by atoms with Gasteiger partial charge in [-0.25, -0.2) is 13.4 Å². The smallest absolute Gasteiger partial charge is 0.258 e. The lowest BCUT2D eigenvalue weighted by atomic mass is 10.3. The second-order valence-corrected chi connectivity index (χ2v) is 7.36. The van der Waals surface area contributed by atoms with Gasteiger partial charge in [0.25, 0.3) is 15.7 Å². The van der Waals surface area contributed by atoms with Gasteiger partial charge in [-0.3, -0.25) is 14.8 Å². The molecule has 9 heteroatoms. The average molecular weight is 325 g/mol. The minimum atomic E-state index is -3.77. The third-order valence-electron chi connectivity index (χ3n) is 3.18. The molecule has 0 amide bonds. The first-order valence-electron chi connectivity index (χ1n) is 6.21. The predicted molar refractivity (Wildman–Crippen MR) is 78.0 cm³/mol. The van der Waals surface area contributed by atoms with E-state index in [1.807, 2.05) is 0 Å². The molecule has 1 aliphatic rings. The Bertz CT molecular complexity index is 775. The van der Waals surface area contributed by atoms with Gasteiger partial charge in [0.05, 0.1) is 15.5 Å². The van der Waals surface area contributed by atoms with Crippen LogP contribution in [-0.4, -0.2) is 18.3 Å². The van der Waals surface area contributed by atoms with Crippen LogP contribution >= 0.6 is 11.3 Å². The molecule has 0 bridgehead atoms. The fourth-order valence-electron chi connectivity index (χ4n) is 2.15. The number of aromatic nitrogens is 1. The first-order valence-corrected chi connectivity index (χ1v) is 8.51. The summed E-state index contributed by atoms with van der Waals surface area (Å²) in [5.41, 5.74) is 0.809. The van der Waals surface area contributed by atoms with Crippen molar-refractivity contribution in [1.82, 2.24) is 4.98 Å². The number of nitro benzene ring substituents is 1. The quantitative estimate of drug-likeness (QED) is 0.686. The van der Waals surface area contributed by atoms with E-state index >= 15 is 0 Å². The van der Waals surface area contributed by atoms with E-state index in [0.717, 1.165) is 42.0 Å². The van der Waals surface area contributed by atoms with Gasteiger partial charge in [0, 0.05) is 17.0 Å². The molecule has 0 radical (unpaired) electrons. The molecular weight excluding hydrogens is 314 g/mol. The number of rotatable bonds is 4. The molecule has 1 heterocycles. The highest BCUT2D eigenvalue weighted by molar-refractivity contribution is 7.93. The monoisotopic (exact) mass is 325 g/mol. The average Bonchev–Trinajstić information content (AvgIpc) is 2.99. The molecule has 110 valence electrons. The van der Waals surface area contributed by atoms with Crippen LogP contribution in [0.4, 0.5) is 10.8 Å². The van der Waals surface area contributed by atoms with E-state index in [4.69, 9.17) is 0 Å². The number of nitrogens with one attached hydrogen (secondary N) is 1. The molecular formula is C12H11N3O4S2. The zero-order valence-corrected chi connectivity index (χ0v) is 12.4. The van der Waals surface area contributed by atoms with Gasteiger partial charge in [0.2, 0.25) is 0 Å². The maximum Gasteiger partial charge on any atom is 0.269 e. The van der Waals surface area contributed by atoms with Gasteiger partial charge in [-0.15, -0.1) is 11.3 Å². The molecule has 1 aromatic heterocycles. The minimum absolute atomic E-state index is 0.0246. The van der Waals surface area contributed by atoms with Crippen molar-refractivity contribution in [2.75, 3.05) is 4.72 Å². The van der Waals surface area contributed by atoms with E-state index in [1.54, 1.807) is 0 Å². The summed E-state index contributed by atoms with van der Waals surface area (Å²) in [5.74, 6) is 0. The maximum absolute atomic E-state index is 12.2. The van der Waals surface area contributed by atoms with Gasteiger partial charge >= 0.3 is 0 Å². The van der Waals surface area contributed by atoms with Crippen molar-refractivity contribution < 1.29 is 13.3 Å². The van der Waals surface area contributed by atoms with Crippen molar-refractivity contribution >= 4 is 32.2 Å². The minimum Gasteiger partial charge on any atom is -0.258 e. The number of nitro groups is 1. The number of aryl methyl sites for hydroxylation is 2. The third-order valence-corrected chi connectivity index (χ3v) is 5.73. The van der Waals surface area contributed by atoms with Gasteiger partial charge in [-0.2, -0.15) is 0 Å². The Morgan fingerprint density at radius 3 is 2.57 bits per heavy atom. The summed E-state index contributed by atoms with van der Waals surface area (Å²) in [6.07, 6.45) is 2.88. The zero-order valence-electron chi connectivity index (χ0n) is 10.8. The first-order chi connectivity index (χ1) is 9.95. The fourth-order valence-corrected chi connectivity index (χ4v) is 4.44. The van der Waals surface area contributed by atoms with Crippen molar-refractivity contribution in [3.05, 3.63) is 45.0 Å². The van der Waals surface area contributed by atoms with Crippen molar-refractivity contribution in [3.63, 3.8) is 0 Å². The summed E-state index contributed by atoms with van der Waals surface area (Å²) in [4.78, 5) is 15.4. The molecule has 1 N–H and O–H groups in total. The van der Waals surface area contributed by atoms with Gasteiger partial charge in [0.1, 0.15) is 0 Å². The molecule has 0 saturated carbocycles. The van der Waals surface area contributed by atoms with E-state index < -0.39 is 14.9 Å². The summed E-state index contributed by atoms with van der Waals surface area (Å²) in [5, 5.41) is 10.9. The second-order valence-electron chi connectivity index (χ2n) is 4.60. The lowest BCUT2D eigenvalue weighted by molar-refractivity contribution is -0.384. The largest absolute Gasteiger partial charge is 0.269 e. The van der Waals surface area contributed by atoms with E-state index in [9.17, 15) is 18.5 Å². The maximum atomic E-state index is 12.2. The van der Waals surface area contributed by atoms with Crippen molar-refractivity contribution in [2.24, 2.45) is 0 Å². The summed E-state index contributed by atoms with van der Waals surface area (Å²) >= 11 is 1.34. The molecule has 0 atom stereocenters. The predicted octanol–water partition coefficient (Wildman–Crippen LogP) is 2.34. The Morgan fingerprint density at radius 2 is 1.95 bits per heavy atom. The van der Waals surface area contributed by atoms with Crippen LogP contribution in [0.2, 0.25) is 0 Å². The summed E-state index contributed by atoms with van der Waals surface area (Å²) in [6.45, 7) is 0. The number of nitrogens with zero attached hydrogens (tertiary/aromatic N) is 2. The third kappa shape index (κ3) is 2.74. The normalized spacial score (nSPS) is 13.9. The topological polar surface area (TPSA) is 102 Å². The molecule has 0 spiro atoms. The van der Waals surface area contributed by atoms with E-state index in [0.29, 0.717) is 5.13 Å². The number of sulfonamides is 1. The lowest BCUT2D eigenvalue weighted by Crippen LogP contribution is -2.12. The second kappa shape index (κ2) is 5.08. The van der Waals surface area contributed by atoms with Crippen LogP contribution in [0.1, 0.15) is 17.0 Å². The Kier molecular flexibility index (Phi) is 3.38. The van der Waals surface area contributed by atoms with Crippen LogP contribution in [0.3, 0.4) is 0 Å². The Morgan fingerprint density at radius 1 is 1.24 bits per heavy atom. The summed E-state index contributed by atoms with van der Waals surface area (Å²) < 4.78 is 26.8. The van der Waals surface area contributed by atoms with E-state index in [1.165, 1.54) is 23.5 Å². The number of fused-ring (bicyclic) bond motifs is 1. The van der Waals surface area contributed by atoms with Gasteiger partial charge in [-0.1, -0.05) is 0 Å². The molecule has 3 rings (SSSR count). The zero-order chi connectivity index (χ0) is 15.0. The number of non-ortho nitro benzene ring substituents is 1. The van der Waals surface area contributed by atoms with Crippen molar-refractivity contribution in [3.8, 4) is 0 Å². The Labute approximate surface area is 124 Å². The van der Waals surface area contributed by atoms with Crippen LogP contribution < -0.4 is 4.72 Å². The highest BCUT2D eigenvalue weighted by Crippen LogP contribution is 2.31. The van der Waals surface area contributed by atoms with E-state index in [-0.39, 0.29) is 10.6 Å². The molecule has 0 aliphatic heterocycles. The molecule has 21 heavy (non-hydrogen) atoms. The van der Waals surface area contributed by atoms with Crippen LogP contribution in [-0.2, 0) is 22.9 Å². The lowest BCUT2D eigenvalue weighted by Gasteiger charge is -2.04. The van der Waals surface area contributed by atoms with Crippen LogP contribution in [0.25, 0.3) is 0 Å². The first kappa shape index (κ1) is 14.0. The molecule has 2 aromatic rings. The number of hydrogen-bond acceptors (Lipinski definition) is 6. The number of hydrogen-bond donors (Lipinski definition) is 1. The van der Waals surface area contributed by atoms with Crippen molar-refractivity contribution in [1.29, 1.82) is 0 Å². The van der Waals surface area contributed by atoms with Gasteiger partial charge in [0.15, 0.2) is 5.13 Å². The molecule has 1 aromatic carbocycles. The van der Waals surface area contributed by atoms with Gasteiger partial charge in [-0.05, 0) is 31.4 Å². The standard InChI is InChI=1S/C12H11N3O4S2/c16-15(17)8-4-6-9(7-5-8)21(18,19)14-12-13-10-2-1-3-11(10)20-12/h4-7H,1-3H2,(H,13,14). The summed E-state index contributed by atoms with van der Waals surface area (Å²) in [7, 11) is -3.77. The Balaban J connectivity index is 1.84. The molecule has 0 saturated heterocycles. The van der Waals surface area contributed by atoms with Crippen LogP contribution in [0.15, 0.2) is 29.2 Å². The molecule has 0 unspecified atom stereocenters. The molecule has 7 nitrogen and oxygen atoms in total. The molecule has 1 aliphatic carbocycles. The summed E-state index contributed by atoms with van der Waals surface area (Å²) in [6, 6.07) is 4.75. The van der Waals surface area contributed by atoms with Gasteiger partial charge < -0.3 is 0 Å². The highest BCUT2D eigenvalue weighted by atomic mass is 32.2. The van der Waals surface area contributed by atoms with Crippen molar-refractivity contribution in [2.45, 2.75) is 24.2 Å². The fraction of sp³-hybridized carbons (Fsp3) is 0.250. The molecule has 0 fully saturated rings. The van der Waals surface area contributed by atoms with E-state index in [2.05, 4.69) is 9.71 Å². The van der Waals surface area contributed by atoms with Crippen LogP contribution in [0.5, 0.6) is 0 Å². The highest BCUT2D eigenvalue weighted by Gasteiger charge is 2.21. The number of benzene rings is 1. The number of thiazole rings is 1.